The highest BCUT2D eigenvalue weighted by Gasteiger charge is 2.15. The molecular weight excluding hydrogens is 442 g/mol. The van der Waals surface area contributed by atoms with Gasteiger partial charge in [0.25, 0.3) is 5.69 Å². The van der Waals surface area contributed by atoms with Gasteiger partial charge in [0.05, 0.1) is 16.4 Å². The normalized spacial score (nSPS) is 10.9. The zero-order valence-corrected chi connectivity index (χ0v) is 19.9. The first kappa shape index (κ1) is 24.2. The average Bonchev–Trinajstić information content (AvgIpc) is 3.19. The summed E-state index contributed by atoms with van der Waals surface area (Å²) >= 11 is 1.25. The van der Waals surface area contributed by atoms with Gasteiger partial charge in [-0.05, 0) is 43.0 Å². The molecule has 1 N–H and O–H groups in total. The molecule has 0 unspecified atom stereocenters. The minimum Gasteiger partial charge on any atom is -0.486 e. The Morgan fingerprint density at radius 1 is 1.21 bits per heavy atom. The maximum Gasteiger partial charge on any atom is 0.271 e. The monoisotopic (exact) mass is 469 g/mol. The number of benzene rings is 2. The summed E-state index contributed by atoms with van der Waals surface area (Å²) in [5, 5.41) is 22.7. The topological polar surface area (TPSA) is 112 Å². The third kappa shape index (κ3) is 6.32. The molecule has 0 aliphatic heterocycles. The van der Waals surface area contributed by atoms with Crippen molar-refractivity contribution in [3.05, 3.63) is 69.5 Å². The van der Waals surface area contributed by atoms with Crippen molar-refractivity contribution in [2.75, 3.05) is 11.1 Å². The van der Waals surface area contributed by atoms with Crippen LogP contribution in [0.2, 0.25) is 0 Å². The Morgan fingerprint density at radius 2 is 1.94 bits per heavy atom. The number of aryl methyl sites for hydroxylation is 1. The van der Waals surface area contributed by atoms with Crippen LogP contribution < -0.4 is 10.1 Å². The van der Waals surface area contributed by atoms with Gasteiger partial charge < -0.3 is 14.6 Å². The second-order valence-corrected chi connectivity index (χ2v) is 8.69. The van der Waals surface area contributed by atoms with E-state index in [2.05, 4.69) is 29.4 Å². The summed E-state index contributed by atoms with van der Waals surface area (Å²) < 4.78 is 7.77. The number of aromatic nitrogens is 3. The van der Waals surface area contributed by atoms with Crippen molar-refractivity contribution in [2.24, 2.45) is 0 Å². The Morgan fingerprint density at radius 3 is 2.58 bits per heavy atom. The molecule has 0 aliphatic carbocycles. The fourth-order valence-electron chi connectivity index (χ4n) is 3.12. The number of ether oxygens (including phenoxy) is 1. The Bertz CT molecular complexity index is 1130. The van der Waals surface area contributed by atoms with Crippen LogP contribution in [0.1, 0.15) is 43.6 Å². The van der Waals surface area contributed by atoms with Crippen LogP contribution in [-0.4, -0.2) is 31.3 Å². The predicted molar refractivity (Wildman–Crippen MR) is 128 cm³/mol. The van der Waals surface area contributed by atoms with Gasteiger partial charge >= 0.3 is 0 Å². The van der Waals surface area contributed by atoms with E-state index in [9.17, 15) is 14.9 Å². The Kier molecular flexibility index (Phi) is 8.05. The number of hydrogen-bond acceptors (Lipinski definition) is 7. The molecule has 9 nitrogen and oxygen atoms in total. The van der Waals surface area contributed by atoms with Gasteiger partial charge in [-0.15, -0.1) is 10.2 Å². The highest BCUT2D eigenvalue weighted by Crippen LogP contribution is 2.24. The highest BCUT2D eigenvalue weighted by atomic mass is 32.2. The molecule has 3 rings (SSSR count). The van der Waals surface area contributed by atoms with E-state index >= 15 is 0 Å². The van der Waals surface area contributed by atoms with E-state index in [1.165, 1.54) is 29.5 Å². The van der Waals surface area contributed by atoms with Gasteiger partial charge in [-0.3, -0.25) is 14.9 Å². The van der Waals surface area contributed by atoms with Gasteiger partial charge in [0.15, 0.2) is 11.0 Å². The first-order valence-corrected chi connectivity index (χ1v) is 11.6. The van der Waals surface area contributed by atoms with Gasteiger partial charge in [0, 0.05) is 18.7 Å². The molecule has 3 aromatic rings. The summed E-state index contributed by atoms with van der Waals surface area (Å²) in [6.45, 7) is 8.94. The molecule has 0 atom stereocenters. The number of nitro benzene ring substituents is 1. The summed E-state index contributed by atoms with van der Waals surface area (Å²) in [6, 6.07) is 12.4. The van der Waals surface area contributed by atoms with Crippen LogP contribution in [0.4, 0.5) is 11.4 Å². The molecule has 10 heteroatoms. The highest BCUT2D eigenvalue weighted by molar-refractivity contribution is 7.99. The molecule has 0 saturated carbocycles. The second-order valence-electron chi connectivity index (χ2n) is 7.75. The third-order valence-electron chi connectivity index (χ3n) is 5.06. The number of nitrogens with one attached hydrogen (secondary N) is 1. The first-order chi connectivity index (χ1) is 15.8. The Hall–Kier alpha value is -3.40. The quantitative estimate of drug-likeness (QED) is 0.254. The smallest absolute Gasteiger partial charge is 0.271 e. The van der Waals surface area contributed by atoms with Crippen LogP contribution in [0, 0.1) is 17.0 Å². The summed E-state index contributed by atoms with van der Waals surface area (Å²) in [4.78, 5) is 22.9. The van der Waals surface area contributed by atoms with Gasteiger partial charge in [0.1, 0.15) is 12.4 Å². The van der Waals surface area contributed by atoms with Crippen LogP contribution in [0.25, 0.3) is 0 Å². The van der Waals surface area contributed by atoms with Crippen LogP contribution in [-0.2, 0) is 17.9 Å². The minimum absolute atomic E-state index is 0.0715. The number of non-ortho nitro benzene ring substituents is 1. The van der Waals surface area contributed by atoms with E-state index in [1.54, 1.807) is 13.0 Å². The standard InChI is InChI=1S/C23H27N5O4S/c1-5-27-21(13-32-19-10-7-17(8-11-19)15(2)3)25-26-23(27)33-14-22(29)24-20-12-18(28(30)31)9-6-16(20)4/h6-12,15H,5,13-14H2,1-4H3,(H,24,29). The lowest BCUT2D eigenvalue weighted by molar-refractivity contribution is -0.384. The largest absolute Gasteiger partial charge is 0.486 e. The lowest BCUT2D eigenvalue weighted by Crippen LogP contribution is -2.15. The number of rotatable bonds is 10. The molecule has 1 heterocycles. The number of carbonyl (C=O) groups is 1. The summed E-state index contributed by atoms with van der Waals surface area (Å²) in [6.07, 6.45) is 0. The van der Waals surface area contributed by atoms with E-state index in [1.807, 2.05) is 35.8 Å². The maximum absolute atomic E-state index is 12.4. The van der Waals surface area contributed by atoms with Crippen LogP contribution in [0.5, 0.6) is 5.75 Å². The van der Waals surface area contributed by atoms with Gasteiger partial charge in [-0.1, -0.05) is 43.8 Å². The summed E-state index contributed by atoms with van der Waals surface area (Å²) in [7, 11) is 0. The minimum atomic E-state index is -0.490. The number of thioether (sulfide) groups is 1. The lowest BCUT2D eigenvalue weighted by atomic mass is 10.0. The first-order valence-electron chi connectivity index (χ1n) is 10.6. The van der Waals surface area contributed by atoms with Gasteiger partial charge in [-0.25, -0.2) is 0 Å². The number of nitrogens with zero attached hydrogens (tertiary/aromatic N) is 4. The molecule has 33 heavy (non-hydrogen) atoms. The van der Waals surface area contributed by atoms with Crippen molar-refractivity contribution < 1.29 is 14.5 Å². The number of nitro groups is 1. The number of carbonyl (C=O) groups excluding carboxylic acids is 1. The van der Waals surface area contributed by atoms with Crippen molar-refractivity contribution in [2.45, 2.75) is 51.9 Å². The van der Waals surface area contributed by atoms with Crippen molar-refractivity contribution in [1.29, 1.82) is 0 Å². The molecular formula is C23H27N5O4S. The molecule has 0 bridgehead atoms. The van der Waals surface area contributed by atoms with Crippen LogP contribution in [0.15, 0.2) is 47.6 Å². The lowest BCUT2D eigenvalue weighted by Gasteiger charge is -2.11. The van der Waals surface area contributed by atoms with E-state index in [0.717, 1.165) is 11.3 Å². The van der Waals surface area contributed by atoms with Gasteiger partial charge in [-0.2, -0.15) is 0 Å². The molecule has 0 spiro atoms. The molecule has 2 aromatic carbocycles. The zero-order chi connectivity index (χ0) is 24.0. The molecule has 174 valence electrons. The zero-order valence-electron chi connectivity index (χ0n) is 19.1. The fraction of sp³-hybridized carbons (Fsp3) is 0.348. The van der Waals surface area contributed by atoms with E-state index in [-0.39, 0.29) is 24.0 Å². The molecule has 0 fully saturated rings. The summed E-state index contributed by atoms with van der Waals surface area (Å²) in [5.74, 6) is 1.70. The van der Waals surface area contributed by atoms with Crippen molar-refractivity contribution in [3.63, 3.8) is 0 Å². The number of amides is 1. The number of anilines is 1. The number of hydrogen-bond donors (Lipinski definition) is 1. The predicted octanol–water partition coefficient (Wildman–Crippen LogP) is 4.95. The molecule has 0 radical (unpaired) electrons. The van der Waals surface area contributed by atoms with Crippen LogP contribution >= 0.6 is 11.8 Å². The molecule has 0 aliphatic rings. The van der Waals surface area contributed by atoms with Crippen molar-refractivity contribution in [3.8, 4) is 5.75 Å². The van der Waals surface area contributed by atoms with E-state index < -0.39 is 4.92 Å². The Balaban J connectivity index is 1.59. The maximum atomic E-state index is 12.4. The van der Waals surface area contributed by atoms with Crippen LogP contribution in [0.3, 0.4) is 0 Å². The molecule has 1 amide bonds. The van der Waals surface area contributed by atoms with Crippen molar-refractivity contribution in [1.82, 2.24) is 14.8 Å². The molecule has 0 saturated heterocycles. The van der Waals surface area contributed by atoms with E-state index in [4.69, 9.17) is 4.74 Å². The van der Waals surface area contributed by atoms with E-state index in [0.29, 0.717) is 29.1 Å². The fourth-order valence-corrected chi connectivity index (χ4v) is 3.94. The Labute approximate surface area is 196 Å². The third-order valence-corrected chi connectivity index (χ3v) is 6.03. The van der Waals surface area contributed by atoms with Gasteiger partial charge in [0.2, 0.25) is 5.91 Å². The molecule has 1 aromatic heterocycles. The summed E-state index contributed by atoms with van der Waals surface area (Å²) in [5.41, 5.74) is 2.34. The van der Waals surface area contributed by atoms with Crippen molar-refractivity contribution >= 4 is 29.0 Å². The second kappa shape index (κ2) is 11.0. The average molecular weight is 470 g/mol. The SMILES string of the molecule is CCn1c(COc2ccc(C(C)C)cc2)nnc1SCC(=O)Nc1cc([N+](=O)[O-])ccc1C.